The predicted molar refractivity (Wildman–Crippen MR) is 72.0 cm³/mol. The van der Waals surface area contributed by atoms with Crippen molar-refractivity contribution in [2.75, 3.05) is 6.61 Å². The molecule has 0 aromatic heterocycles. The Morgan fingerprint density at radius 3 is 2.75 bits per heavy atom. The second-order valence-electron chi connectivity index (χ2n) is 3.91. The Kier molecular flexibility index (Phi) is 5.26. The van der Waals surface area contributed by atoms with E-state index in [0.717, 1.165) is 12.2 Å². The zero-order valence-corrected chi connectivity index (χ0v) is 10.7. The fourth-order valence-electron chi connectivity index (χ4n) is 1.50. The zero-order chi connectivity index (χ0) is 12.0. The van der Waals surface area contributed by atoms with Gasteiger partial charge in [0.1, 0.15) is 5.75 Å². The van der Waals surface area contributed by atoms with Gasteiger partial charge in [-0.05, 0) is 24.0 Å². The van der Waals surface area contributed by atoms with Crippen LogP contribution in [0.2, 0.25) is 0 Å². The van der Waals surface area contributed by atoms with Crippen molar-refractivity contribution in [2.45, 2.75) is 32.6 Å². The third-order valence-corrected chi connectivity index (χ3v) is 2.87. The average Bonchev–Trinajstić information content (AvgIpc) is 2.28. The Morgan fingerprint density at radius 1 is 1.44 bits per heavy atom. The van der Waals surface area contributed by atoms with E-state index in [1.165, 1.54) is 5.56 Å². The Hall–Kier alpha value is -1.09. The third kappa shape index (κ3) is 3.81. The van der Waals surface area contributed by atoms with Crippen LogP contribution in [0.25, 0.3) is 0 Å². The van der Waals surface area contributed by atoms with Gasteiger partial charge in [-0.1, -0.05) is 44.3 Å². The van der Waals surface area contributed by atoms with Crippen LogP contribution in [-0.2, 0) is 0 Å². The van der Waals surface area contributed by atoms with E-state index in [4.69, 9.17) is 22.7 Å². The van der Waals surface area contributed by atoms with Gasteiger partial charge in [0, 0.05) is 6.42 Å². The summed E-state index contributed by atoms with van der Waals surface area (Å²) in [6, 6.07) is 8.15. The standard InChI is InChI=1S/C13H19NOS/c1-3-10(2)11-6-4-5-7-12(11)15-9-8-13(14)16/h4-7,10H,3,8-9H2,1-2H3,(H2,14,16). The maximum absolute atomic E-state index is 5.70. The maximum atomic E-state index is 5.70. The van der Waals surface area contributed by atoms with Gasteiger partial charge in [0.25, 0.3) is 0 Å². The molecule has 0 bridgehead atoms. The molecule has 3 heteroatoms. The van der Waals surface area contributed by atoms with E-state index >= 15 is 0 Å². The Labute approximate surface area is 103 Å². The summed E-state index contributed by atoms with van der Waals surface area (Å²) >= 11 is 4.82. The molecule has 0 heterocycles. The van der Waals surface area contributed by atoms with Crippen molar-refractivity contribution in [3.63, 3.8) is 0 Å². The van der Waals surface area contributed by atoms with Gasteiger partial charge < -0.3 is 10.5 Å². The molecule has 0 radical (unpaired) electrons. The topological polar surface area (TPSA) is 35.2 Å². The van der Waals surface area contributed by atoms with Gasteiger partial charge in [0.15, 0.2) is 0 Å². The SMILES string of the molecule is CCC(C)c1ccccc1OCCC(N)=S. The first kappa shape index (κ1) is 13.0. The van der Waals surface area contributed by atoms with Crippen LogP contribution in [0.3, 0.4) is 0 Å². The first-order valence-electron chi connectivity index (χ1n) is 5.65. The molecule has 0 aliphatic rings. The normalized spacial score (nSPS) is 12.1. The minimum Gasteiger partial charge on any atom is -0.493 e. The Balaban J connectivity index is 2.67. The highest BCUT2D eigenvalue weighted by molar-refractivity contribution is 7.80. The van der Waals surface area contributed by atoms with Crippen LogP contribution in [0.5, 0.6) is 5.75 Å². The molecule has 1 unspecified atom stereocenters. The average molecular weight is 237 g/mol. The molecule has 88 valence electrons. The summed E-state index contributed by atoms with van der Waals surface area (Å²) in [5.41, 5.74) is 6.69. The lowest BCUT2D eigenvalue weighted by Crippen LogP contribution is -2.13. The summed E-state index contributed by atoms with van der Waals surface area (Å²) in [5.74, 6) is 1.47. The van der Waals surface area contributed by atoms with Gasteiger partial charge in [0.2, 0.25) is 0 Å². The second kappa shape index (κ2) is 6.48. The smallest absolute Gasteiger partial charge is 0.122 e. The van der Waals surface area contributed by atoms with Crippen molar-refractivity contribution >= 4 is 17.2 Å². The Morgan fingerprint density at radius 2 is 2.12 bits per heavy atom. The number of para-hydroxylation sites is 1. The van der Waals surface area contributed by atoms with Crippen LogP contribution in [0.15, 0.2) is 24.3 Å². The Bertz CT molecular complexity index is 352. The van der Waals surface area contributed by atoms with Crippen molar-refractivity contribution < 1.29 is 4.74 Å². The summed E-state index contributed by atoms with van der Waals surface area (Å²) in [7, 11) is 0. The molecular formula is C13H19NOS. The summed E-state index contributed by atoms with van der Waals surface area (Å²) < 4.78 is 5.70. The molecule has 2 nitrogen and oxygen atoms in total. The van der Waals surface area contributed by atoms with Crippen LogP contribution in [0, 0.1) is 0 Å². The van der Waals surface area contributed by atoms with E-state index in [9.17, 15) is 0 Å². The van der Waals surface area contributed by atoms with Crippen molar-refractivity contribution in [3.8, 4) is 5.75 Å². The van der Waals surface area contributed by atoms with Crippen molar-refractivity contribution in [1.29, 1.82) is 0 Å². The molecule has 0 aliphatic carbocycles. The molecule has 0 saturated carbocycles. The minimum absolute atomic E-state index is 0.501. The molecule has 1 rings (SSSR count). The van der Waals surface area contributed by atoms with Crippen LogP contribution in [0.4, 0.5) is 0 Å². The lowest BCUT2D eigenvalue weighted by molar-refractivity contribution is 0.324. The minimum atomic E-state index is 0.501. The second-order valence-corrected chi connectivity index (χ2v) is 4.44. The monoisotopic (exact) mass is 237 g/mol. The van der Waals surface area contributed by atoms with E-state index in [0.29, 0.717) is 23.9 Å². The number of hydrogen-bond donors (Lipinski definition) is 1. The quantitative estimate of drug-likeness (QED) is 0.771. The molecule has 1 aromatic rings. The fraction of sp³-hybridized carbons (Fsp3) is 0.462. The number of rotatable bonds is 6. The third-order valence-electron chi connectivity index (χ3n) is 2.67. The molecule has 0 spiro atoms. The first-order valence-corrected chi connectivity index (χ1v) is 6.06. The molecule has 16 heavy (non-hydrogen) atoms. The number of nitrogens with two attached hydrogens (primary N) is 1. The summed E-state index contributed by atoms with van der Waals surface area (Å²) in [6.45, 7) is 4.94. The zero-order valence-electron chi connectivity index (χ0n) is 9.90. The number of ether oxygens (including phenoxy) is 1. The number of hydrogen-bond acceptors (Lipinski definition) is 2. The molecular weight excluding hydrogens is 218 g/mol. The van der Waals surface area contributed by atoms with Gasteiger partial charge >= 0.3 is 0 Å². The lowest BCUT2D eigenvalue weighted by Gasteiger charge is -2.15. The van der Waals surface area contributed by atoms with E-state index < -0.39 is 0 Å². The van der Waals surface area contributed by atoms with Crippen LogP contribution >= 0.6 is 12.2 Å². The molecule has 0 aliphatic heterocycles. The molecule has 2 N–H and O–H groups in total. The molecule has 1 atom stereocenters. The fourth-order valence-corrected chi connectivity index (χ4v) is 1.58. The van der Waals surface area contributed by atoms with Crippen LogP contribution in [-0.4, -0.2) is 11.6 Å². The highest BCUT2D eigenvalue weighted by Crippen LogP contribution is 2.28. The van der Waals surface area contributed by atoms with Crippen molar-refractivity contribution in [3.05, 3.63) is 29.8 Å². The van der Waals surface area contributed by atoms with E-state index in [1.54, 1.807) is 0 Å². The molecule has 0 saturated heterocycles. The molecule has 0 fully saturated rings. The van der Waals surface area contributed by atoms with E-state index in [2.05, 4.69) is 19.9 Å². The molecule has 1 aromatic carbocycles. The van der Waals surface area contributed by atoms with Gasteiger partial charge in [0.05, 0.1) is 11.6 Å². The van der Waals surface area contributed by atoms with E-state index in [1.807, 2.05) is 18.2 Å². The van der Waals surface area contributed by atoms with E-state index in [-0.39, 0.29) is 0 Å². The highest BCUT2D eigenvalue weighted by Gasteiger charge is 2.09. The van der Waals surface area contributed by atoms with Gasteiger partial charge in [-0.2, -0.15) is 0 Å². The summed E-state index contributed by atoms with van der Waals surface area (Å²) in [6.07, 6.45) is 1.74. The van der Waals surface area contributed by atoms with Crippen molar-refractivity contribution in [2.24, 2.45) is 5.73 Å². The maximum Gasteiger partial charge on any atom is 0.122 e. The van der Waals surface area contributed by atoms with Gasteiger partial charge in [-0.25, -0.2) is 0 Å². The largest absolute Gasteiger partial charge is 0.493 e. The lowest BCUT2D eigenvalue weighted by atomic mass is 9.98. The molecule has 0 amide bonds. The van der Waals surface area contributed by atoms with Crippen LogP contribution < -0.4 is 10.5 Å². The van der Waals surface area contributed by atoms with Gasteiger partial charge in [-0.15, -0.1) is 0 Å². The number of thiocarbonyl (C=S) groups is 1. The summed E-state index contributed by atoms with van der Waals surface area (Å²) in [4.78, 5) is 0.501. The van der Waals surface area contributed by atoms with Gasteiger partial charge in [-0.3, -0.25) is 0 Å². The van der Waals surface area contributed by atoms with Crippen molar-refractivity contribution in [1.82, 2.24) is 0 Å². The number of benzene rings is 1. The first-order chi connectivity index (χ1) is 7.65. The predicted octanol–water partition coefficient (Wildman–Crippen LogP) is 3.26. The summed E-state index contributed by atoms with van der Waals surface area (Å²) in [5, 5.41) is 0. The highest BCUT2D eigenvalue weighted by atomic mass is 32.1. The van der Waals surface area contributed by atoms with Crippen LogP contribution in [0.1, 0.15) is 38.2 Å².